The topological polar surface area (TPSA) is 106 Å². The van der Waals surface area contributed by atoms with E-state index in [1.807, 2.05) is 78.9 Å². The van der Waals surface area contributed by atoms with Gasteiger partial charge in [0, 0.05) is 11.3 Å². The van der Waals surface area contributed by atoms with Crippen LogP contribution in [0.1, 0.15) is 18.4 Å². The third-order valence-corrected chi connectivity index (χ3v) is 6.01. The molecule has 34 heavy (non-hydrogen) atoms. The van der Waals surface area contributed by atoms with Crippen LogP contribution >= 0.6 is 0 Å². The van der Waals surface area contributed by atoms with Crippen LogP contribution in [-0.2, 0) is 14.3 Å². The summed E-state index contributed by atoms with van der Waals surface area (Å²) in [7, 11) is 1.33. The van der Waals surface area contributed by atoms with E-state index in [-0.39, 0.29) is 30.2 Å². The molecule has 0 spiro atoms. The van der Waals surface area contributed by atoms with Crippen LogP contribution in [0.5, 0.6) is 5.75 Å². The molecule has 174 valence electrons. The maximum Gasteiger partial charge on any atom is 0.306 e. The first-order valence-corrected chi connectivity index (χ1v) is 11.1. The minimum absolute atomic E-state index is 0.0408. The van der Waals surface area contributed by atoms with E-state index in [4.69, 9.17) is 20.6 Å². The van der Waals surface area contributed by atoms with E-state index in [0.29, 0.717) is 24.3 Å². The Balaban J connectivity index is 1.45. The average molecular weight is 458 g/mol. The minimum Gasteiger partial charge on any atom is -0.491 e. The van der Waals surface area contributed by atoms with E-state index >= 15 is 0 Å². The highest BCUT2D eigenvalue weighted by Crippen LogP contribution is 2.33. The molecule has 0 bridgehead atoms. The summed E-state index contributed by atoms with van der Waals surface area (Å²) >= 11 is 0. The summed E-state index contributed by atoms with van der Waals surface area (Å²) in [6.07, 6.45) is 0.579. The van der Waals surface area contributed by atoms with Crippen LogP contribution in [-0.4, -0.2) is 37.5 Å². The van der Waals surface area contributed by atoms with E-state index in [1.165, 1.54) is 7.11 Å². The van der Waals surface area contributed by atoms with Gasteiger partial charge in [0.2, 0.25) is 5.91 Å². The first-order valence-electron chi connectivity index (χ1n) is 11.1. The lowest BCUT2D eigenvalue weighted by molar-refractivity contribution is -0.143. The molecule has 7 nitrogen and oxygen atoms in total. The number of carbonyl (C=O) groups is 2. The monoisotopic (exact) mass is 457 g/mol. The number of nitrogens with zero attached hydrogens (tertiary/aromatic N) is 1. The van der Waals surface area contributed by atoms with Crippen LogP contribution in [0, 0.1) is 11.3 Å². The molecule has 4 rings (SSSR count). The zero-order valence-electron chi connectivity index (χ0n) is 18.9. The summed E-state index contributed by atoms with van der Waals surface area (Å²) in [6.45, 7) is 0.310. The highest BCUT2D eigenvalue weighted by molar-refractivity contribution is 5.99. The fraction of sp³-hybridized carbons (Fsp3) is 0.222. The molecular formula is C27H27N3O4. The second-order valence-corrected chi connectivity index (χ2v) is 8.24. The van der Waals surface area contributed by atoms with Gasteiger partial charge in [0.05, 0.1) is 25.5 Å². The molecule has 3 aromatic rings. The highest BCUT2D eigenvalue weighted by Gasteiger charge is 2.41. The van der Waals surface area contributed by atoms with E-state index in [9.17, 15) is 9.59 Å². The van der Waals surface area contributed by atoms with Gasteiger partial charge >= 0.3 is 5.97 Å². The van der Waals surface area contributed by atoms with Gasteiger partial charge in [-0.1, -0.05) is 54.6 Å². The lowest BCUT2D eigenvalue weighted by Gasteiger charge is -2.25. The van der Waals surface area contributed by atoms with E-state index in [1.54, 1.807) is 4.90 Å². The van der Waals surface area contributed by atoms with Crippen LogP contribution in [0.25, 0.3) is 11.1 Å². The van der Waals surface area contributed by atoms with Crippen molar-refractivity contribution in [1.82, 2.24) is 0 Å². The number of nitrogen functional groups attached to an aromatic ring is 1. The maximum atomic E-state index is 13.1. The molecule has 1 saturated heterocycles. The summed E-state index contributed by atoms with van der Waals surface area (Å²) in [5.74, 6) is -0.170. The van der Waals surface area contributed by atoms with Gasteiger partial charge in [-0.05, 0) is 41.8 Å². The SMILES string of the molecule is COC(=O)C[C@@H]1C[C@@H](COc2ccc(-c3ccc(C(=N)N)cc3)cc2)N(c2ccccc2)C1=O. The van der Waals surface area contributed by atoms with Crippen LogP contribution < -0.4 is 15.4 Å². The Morgan fingerprint density at radius 2 is 1.62 bits per heavy atom. The molecule has 1 heterocycles. The second-order valence-electron chi connectivity index (χ2n) is 8.24. The summed E-state index contributed by atoms with van der Waals surface area (Å²) in [5.41, 5.74) is 9.02. The number of amidine groups is 1. The van der Waals surface area contributed by atoms with Crippen molar-refractivity contribution in [3.8, 4) is 16.9 Å². The average Bonchev–Trinajstić information content (AvgIpc) is 3.18. The van der Waals surface area contributed by atoms with Gasteiger partial charge in [0.15, 0.2) is 0 Å². The Bertz CT molecular complexity index is 1160. The zero-order chi connectivity index (χ0) is 24.1. The van der Waals surface area contributed by atoms with E-state index in [2.05, 4.69) is 0 Å². The number of ether oxygens (including phenoxy) is 2. The van der Waals surface area contributed by atoms with Gasteiger partial charge < -0.3 is 20.1 Å². The third-order valence-electron chi connectivity index (χ3n) is 6.01. The van der Waals surface area contributed by atoms with Gasteiger partial charge in [-0.2, -0.15) is 0 Å². The molecule has 2 atom stereocenters. The number of amides is 1. The van der Waals surface area contributed by atoms with E-state index in [0.717, 1.165) is 16.8 Å². The Kier molecular flexibility index (Phi) is 6.92. The third kappa shape index (κ3) is 5.09. The summed E-state index contributed by atoms with van der Waals surface area (Å²) < 4.78 is 10.8. The number of hydrogen-bond donors (Lipinski definition) is 2. The number of hydrogen-bond acceptors (Lipinski definition) is 5. The van der Waals surface area contributed by atoms with Crippen molar-refractivity contribution in [2.75, 3.05) is 18.6 Å². The standard InChI is InChI=1S/C27H27N3O4/c1-33-25(31)16-21-15-23(30(27(21)32)22-5-3-2-4-6-22)17-34-24-13-11-19(12-14-24)18-7-9-20(10-8-18)26(28)29/h2-14,21,23H,15-17H2,1H3,(H3,28,29)/t21-,23-/m0/s1. The van der Waals surface area contributed by atoms with Gasteiger partial charge in [0.1, 0.15) is 18.2 Å². The first-order chi connectivity index (χ1) is 16.5. The number of methoxy groups -OCH3 is 1. The molecule has 1 aliphatic heterocycles. The molecule has 1 amide bonds. The van der Waals surface area contributed by atoms with Gasteiger partial charge in [0.25, 0.3) is 0 Å². The Morgan fingerprint density at radius 3 is 2.21 bits per heavy atom. The fourth-order valence-corrected chi connectivity index (χ4v) is 4.21. The Morgan fingerprint density at radius 1 is 1.00 bits per heavy atom. The smallest absolute Gasteiger partial charge is 0.306 e. The van der Waals surface area contributed by atoms with Gasteiger partial charge in [-0.15, -0.1) is 0 Å². The van der Waals surface area contributed by atoms with Crippen molar-refractivity contribution < 1.29 is 19.1 Å². The van der Waals surface area contributed by atoms with Crippen LogP contribution in [0.4, 0.5) is 5.69 Å². The number of carbonyl (C=O) groups excluding carboxylic acids is 2. The number of esters is 1. The predicted octanol–water partition coefficient (Wildman–Crippen LogP) is 4.00. The Hall–Kier alpha value is -4.13. The predicted molar refractivity (Wildman–Crippen MR) is 131 cm³/mol. The normalized spacial score (nSPS) is 17.4. The zero-order valence-corrected chi connectivity index (χ0v) is 18.9. The maximum absolute atomic E-state index is 13.1. The number of rotatable bonds is 8. The highest BCUT2D eigenvalue weighted by atomic mass is 16.5. The lowest BCUT2D eigenvalue weighted by Crippen LogP contribution is -2.37. The summed E-state index contributed by atoms with van der Waals surface area (Å²) in [4.78, 5) is 26.6. The number of benzene rings is 3. The summed E-state index contributed by atoms with van der Waals surface area (Å²) in [5, 5.41) is 7.51. The number of nitrogens with two attached hydrogens (primary N) is 1. The Labute approximate surface area is 198 Å². The number of para-hydroxylation sites is 1. The van der Waals surface area contributed by atoms with Gasteiger partial charge in [-0.25, -0.2) is 0 Å². The van der Waals surface area contributed by atoms with Crippen LogP contribution in [0.2, 0.25) is 0 Å². The van der Waals surface area contributed by atoms with Crippen molar-refractivity contribution in [1.29, 1.82) is 5.41 Å². The minimum atomic E-state index is -0.429. The van der Waals surface area contributed by atoms with Crippen LogP contribution in [0.3, 0.4) is 0 Å². The van der Waals surface area contributed by atoms with Crippen molar-refractivity contribution in [3.05, 3.63) is 84.4 Å². The lowest BCUT2D eigenvalue weighted by atomic mass is 10.0. The molecule has 0 unspecified atom stereocenters. The molecule has 1 fully saturated rings. The molecule has 7 heteroatoms. The molecule has 0 saturated carbocycles. The molecule has 0 radical (unpaired) electrons. The van der Waals surface area contributed by atoms with Crippen LogP contribution in [0.15, 0.2) is 78.9 Å². The molecular weight excluding hydrogens is 430 g/mol. The molecule has 3 aromatic carbocycles. The van der Waals surface area contributed by atoms with Crippen molar-refractivity contribution >= 4 is 23.4 Å². The second kappa shape index (κ2) is 10.2. The van der Waals surface area contributed by atoms with E-state index < -0.39 is 5.92 Å². The first kappa shape index (κ1) is 23.0. The molecule has 0 aliphatic carbocycles. The summed E-state index contributed by atoms with van der Waals surface area (Å²) in [6, 6.07) is 24.5. The van der Waals surface area contributed by atoms with Crippen molar-refractivity contribution in [2.24, 2.45) is 11.7 Å². The molecule has 1 aliphatic rings. The largest absolute Gasteiger partial charge is 0.491 e. The van der Waals surface area contributed by atoms with Crippen molar-refractivity contribution in [3.63, 3.8) is 0 Å². The molecule has 0 aromatic heterocycles. The number of nitrogens with one attached hydrogen (secondary N) is 1. The number of anilines is 1. The van der Waals surface area contributed by atoms with Crippen molar-refractivity contribution in [2.45, 2.75) is 18.9 Å². The molecule has 3 N–H and O–H groups in total. The fourth-order valence-electron chi connectivity index (χ4n) is 4.21. The van der Waals surface area contributed by atoms with Gasteiger partial charge in [-0.3, -0.25) is 15.0 Å². The quantitative estimate of drug-likeness (QED) is 0.302.